The van der Waals surface area contributed by atoms with E-state index in [1.54, 1.807) is 0 Å². The summed E-state index contributed by atoms with van der Waals surface area (Å²) in [5, 5.41) is 3.58. The Balaban J connectivity index is 1.92. The Morgan fingerprint density at radius 2 is 1.52 bits per heavy atom. The largest absolute Gasteiger partial charge is 0.372 e. The van der Waals surface area contributed by atoms with Crippen molar-refractivity contribution >= 4 is 5.69 Å². The lowest BCUT2D eigenvalue weighted by Crippen LogP contribution is -2.22. The van der Waals surface area contributed by atoms with Gasteiger partial charge in [0.1, 0.15) is 0 Å². The topological polar surface area (TPSA) is 15.3 Å². The SMILES string of the molecule is CCN(CC)c1ccc(CN[C@H](C)c2ccccc2)cc1. The molecule has 2 nitrogen and oxygen atoms in total. The number of benzene rings is 2. The molecule has 0 aliphatic rings. The molecule has 2 aromatic carbocycles. The van der Waals surface area contributed by atoms with Crippen molar-refractivity contribution in [1.82, 2.24) is 5.32 Å². The van der Waals surface area contributed by atoms with E-state index < -0.39 is 0 Å². The van der Waals surface area contributed by atoms with E-state index in [2.05, 4.69) is 85.6 Å². The van der Waals surface area contributed by atoms with Crippen molar-refractivity contribution < 1.29 is 0 Å². The number of hydrogen-bond acceptors (Lipinski definition) is 2. The number of rotatable bonds is 7. The zero-order chi connectivity index (χ0) is 15.1. The summed E-state index contributed by atoms with van der Waals surface area (Å²) in [6.07, 6.45) is 0. The summed E-state index contributed by atoms with van der Waals surface area (Å²) in [5.74, 6) is 0. The fourth-order valence-corrected chi connectivity index (χ4v) is 2.54. The van der Waals surface area contributed by atoms with Crippen LogP contribution in [0.15, 0.2) is 54.6 Å². The van der Waals surface area contributed by atoms with Gasteiger partial charge in [0, 0.05) is 31.4 Å². The summed E-state index contributed by atoms with van der Waals surface area (Å²) in [7, 11) is 0. The van der Waals surface area contributed by atoms with E-state index in [9.17, 15) is 0 Å². The molecule has 0 radical (unpaired) electrons. The summed E-state index contributed by atoms with van der Waals surface area (Å²) in [4.78, 5) is 2.36. The lowest BCUT2D eigenvalue weighted by molar-refractivity contribution is 0.575. The molecule has 2 heteroatoms. The molecule has 0 saturated carbocycles. The standard InChI is InChI=1S/C19H26N2/c1-4-21(5-2)19-13-11-17(12-14-19)15-20-16(3)18-9-7-6-8-10-18/h6-14,16,20H,4-5,15H2,1-3H3/t16-/m1/s1. The number of nitrogens with zero attached hydrogens (tertiary/aromatic N) is 1. The molecule has 0 spiro atoms. The predicted molar refractivity (Wildman–Crippen MR) is 91.7 cm³/mol. The third-order valence-electron chi connectivity index (χ3n) is 3.98. The molecule has 0 aliphatic carbocycles. The van der Waals surface area contributed by atoms with Crippen LogP contribution in [0.4, 0.5) is 5.69 Å². The average molecular weight is 282 g/mol. The van der Waals surface area contributed by atoms with E-state index in [4.69, 9.17) is 0 Å². The van der Waals surface area contributed by atoms with Crippen molar-refractivity contribution in [2.45, 2.75) is 33.4 Å². The van der Waals surface area contributed by atoms with Crippen LogP contribution in [-0.4, -0.2) is 13.1 Å². The highest BCUT2D eigenvalue weighted by atomic mass is 15.1. The smallest absolute Gasteiger partial charge is 0.0366 e. The van der Waals surface area contributed by atoms with Gasteiger partial charge in [0.25, 0.3) is 0 Å². The second-order valence-corrected chi connectivity index (χ2v) is 5.35. The molecule has 0 amide bonds. The van der Waals surface area contributed by atoms with Crippen molar-refractivity contribution in [3.8, 4) is 0 Å². The Hall–Kier alpha value is -1.80. The Morgan fingerprint density at radius 1 is 0.905 bits per heavy atom. The van der Waals surface area contributed by atoms with E-state index in [-0.39, 0.29) is 0 Å². The minimum atomic E-state index is 0.369. The van der Waals surface area contributed by atoms with E-state index >= 15 is 0 Å². The first kappa shape index (κ1) is 15.6. The first-order valence-corrected chi connectivity index (χ1v) is 7.86. The molecule has 0 aromatic heterocycles. The first-order valence-electron chi connectivity index (χ1n) is 7.86. The lowest BCUT2D eigenvalue weighted by atomic mass is 10.1. The second kappa shape index (κ2) is 7.84. The predicted octanol–water partition coefficient (Wildman–Crippen LogP) is 4.38. The van der Waals surface area contributed by atoms with Gasteiger partial charge in [0.05, 0.1) is 0 Å². The molecule has 2 aromatic rings. The normalized spacial score (nSPS) is 12.1. The van der Waals surface area contributed by atoms with Gasteiger partial charge in [-0.1, -0.05) is 42.5 Å². The van der Waals surface area contributed by atoms with Crippen LogP contribution in [0.1, 0.15) is 37.9 Å². The van der Waals surface area contributed by atoms with Crippen LogP contribution in [0.2, 0.25) is 0 Å². The van der Waals surface area contributed by atoms with Gasteiger partial charge in [-0.3, -0.25) is 0 Å². The van der Waals surface area contributed by atoms with Crippen LogP contribution in [0, 0.1) is 0 Å². The number of anilines is 1. The zero-order valence-electron chi connectivity index (χ0n) is 13.3. The van der Waals surface area contributed by atoms with E-state index in [0.29, 0.717) is 6.04 Å². The van der Waals surface area contributed by atoms with Crippen LogP contribution >= 0.6 is 0 Å². The van der Waals surface area contributed by atoms with Crippen molar-refractivity contribution in [3.05, 3.63) is 65.7 Å². The third kappa shape index (κ3) is 4.33. The maximum Gasteiger partial charge on any atom is 0.0366 e. The molecule has 0 heterocycles. The van der Waals surface area contributed by atoms with E-state index in [1.807, 2.05) is 0 Å². The van der Waals surface area contributed by atoms with Crippen molar-refractivity contribution in [2.24, 2.45) is 0 Å². The summed E-state index contributed by atoms with van der Waals surface area (Å²) in [6.45, 7) is 9.60. The fourth-order valence-electron chi connectivity index (χ4n) is 2.54. The van der Waals surface area contributed by atoms with Gasteiger partial charge in [0.2, 0.25) is 0 Å². The summed E-state index contributed by atoms with van der Waals surface area (Å²) in [6, 6.07) is 19.8. The maximum atomic E-state index is 3.58. The Bertz CT molecular complexity index is 515. The molecule has 21 heavy (non-hydrogen) atoms. The molecular formula is C19H26N2. The van der Waals surface area contributed by atoms with Gasteiger partial charge in [-0.25, -0.2) is 0 Å². The molecular weight excluding hydrogens is 256 g/mol. The average Bonchev–Trinajstić information content (AvgIpc) is 2.55. The van der Waals surface area contributed by atoms with E-state index in [0.717, 1.165) is 19.6 Å². The van der Waals surface area contributed by atoms with Gasteiger partial charge in [0.15, 0.2) is 0 Å². The minimum absolute atomic E-state index is 0.369. The van der Waals surface area contributed by atoms with E-state index in [1.165, 1.54) is 16.8 Å². The zero-order valence-corrected chi connectivity index (χ0v) is 13.3. The molecule has 0 fully saturated rings. The minimum Gasteiger partial charge on any atom is -0.372 e. The maximum absolute atomic E-state index is 3.58. The van der Waals surface area contributed by atoms with Crippen molar-refractivity contribution in [2.75, 3.05) is 18.0 Å². The fraction of sp³-hybridized carbons (Fsp3) is 0.368. The molecule has 0 aliphatic heterocycles. The van der Waals surface area contributed by atoms with Gasteiger partial charge >= 0.3 is 0 Å². The van der Waals surface area contributed by atoms with Crippen LogP contribution in [-0.2, 0) is 6.54 Å². The molecule has 2 rings (SSSR count). The molecule has 1 N–H and O–H groups in total. The van der Waals surface area contributed by atoms with Crippen LogP contribution in [0.5, 0.6) is 0 Å². The molecule has 0 unspecified atom stereocenters. The highest BCUT2D eigenvalue weighted by Crippen LogP contribution is 2.16. The highest BCUT2D eigenvalue weighted by molar-refractivity contribution is 5.47. The Kier molecular flexibility index (Phi) is 5.82. The third-order valence-corrected chi connectivity index (χ3v) is 3.98. The number of nitrogens with one attached hydrogen (secondary N) is 1. The number of hydrogen-bond donors (Lipinski definition) is 1. The lowest BCUT2D eigenvalue weighted by Gasteiger charge is -2.21. The molecule has 0 saturated heterocycles. The quantitative estimate of drug-likeness (QED) is 0.810. The Morgan fingerprint density at radius 3 is 2.10 bits per heavy atom. The van der Waals surface area contributed by atoms with Crippen LogP contribution < -0.4 is 10.2 Å². The Labute approximate surface area is 128 Å². The van der Waals surface area contributed by atoms with Crippen LogP contribution in [0.25, 0.3) is 0 Å². The summed E-state index contributed by atoms with van der Waals surface area (Å²) < 4.78 is 0. The monoisotopic (exact) mass is 282 g/mol. The van der Waals surface area contributed by atoms with Crippen molar-refractivity contribution in [3.63, 3.8) is 0 Å². The highest BCUT2D eigenvalue weighted by Gasteiger charge is 2.05. The summed E-state index contributed by atoms with van der Waals surface area (Å²) >= 11 is 0. The molecule has 112 valence electrons. The molecule has 1 atom stereocenters. The second-order valence-electron chi connectivity index (χ2n) is 5.35. The summed E-state index contributed by atoms with van der Waals surface area (Å²) in [5.41, 5.74) is 3.96. The van der Waals surface area contributed by atoms with Gasteiger partial charge in [-0.05, 0) is 44.0 Å². The van der Waals surface area contributed by atoms with Gasteiger partial charge < -0.3 is 10.2 Å². The van der Waals surface area contributed by atoms with Crippen LogP contribution in [0.3, 0.4) is 0 Å². The first-order chi connectivity index (χ1) is 10.2. The molecule has 0 bridgehead atoms. The van der Waals surface area contributed by atoms with Crippen molar-refractivity contribution in [1.29, 1.82) is 0 Å². The van der Waals surface area contributed by atoms with Gasteiger partial charge in [-0.2, -0.15) is 0 Å². The van der Waals surface area contributed by atoms with Gasteiger partial charge in [-0.15, -0.1) is 0 Å².